The van der Waals surface area contributed by atoms with Crippen LogP contribution in [0.3, 0.4) is 0 Å². The van der Waals surface area contributed by atoms with E-state index in [1.54, 1.807) is 0 Å². The van der Waals surface area contributed by atoms with Gasteiger partial charge in [0.15, 0.2) is 0 Å². The van der Waals surface area contributed by atoms with Gasteiger partial charge in [0.1, 0.15) is 0 Å². The molecule has 1 rings (SSSR count). The van der Waals surface area contributed by atoms with Crippen LogP contribution in [0.5, 0.6) is 0 Å². The first-order chi connectivity index (χ1) is 5.93. The van der Waals surface area contributed by atoms with E-state index < -0.39 is 0 Å². The van der Waals surface area contributed by atoms with Crippen LogP contribution < -0.4 is 10.2 Å². The first kappa shape index (κ1) is 9.78. The molecule has 1 aromatic carbocycles. The Morgan fingerprint density at radius 3 is 2.50 bits per heavy atom. The summed E-state index contributed by atoms with van der Waals surface area (Å²) < 4.78 is 1.50. The quantitative estimate of drug-likeness (QED) is 0.594. The predicted molar refractivity (Wildman–Crippen MR) is 54.9 cm³/mol. The Morgan fingerprint density at radius 1 is 1.08 bits per heavy atom. The molecule has 0 unspecified atom stereocenters. The molecule has 0 radical (unpaired) electrons. The summed E-state index contributed by atoms with van der Waals surface area (Å²) in [6.45, 7) is 0.838. The Balaban J connectivity index is 2.16. The molecular weight excluding hydrogens is 213 g/mol. The summed E-state index contributed by atoms with van der Waals surface area (Å²) in [4.78, 5) is 0. The molecule has 2 N–H and O–H groups in total. The Morgan fingerprint density at radius 2 is 1.83 bits per heavy atom. The fourth-order valence-corrected chi connectivity index (χ4v) is 2.91. The van der Waals surface area contributed by atoms with E-state index in [2.05, 4.69) is 30.3 Å². The summed E-state index contributed by atoms with van der Waals surface area (Å²) in [6, 6.07) is 10.7. The number of unbranched alkanes of at least 4 members (excludes halogenated alkanes) is 1. The van der Waals surface area contributed by atoms with Gasteiger partial charge in [-0.05, 0) is 0 Å². The number of benzene rings is 1. The zero-order chi connectivity index (χ0) is 8.65. The van der Waals surface area contributed by atoms with E-state index in [0.717, 1.165) is 6.54 Å². The standard InChI is InChI=1S/C10H15NSe/c11-8-4-5-9-12-10-6-2-1-3-7-10/h1-3,6-7H,4-5,8-9,11H2. The monoisotopic (exact) mass is 229 g/mol. The van der Waals surface area contributed by atoms with E-state index >= 15 is 0 Å². The van der Waals surface area contributed by atoms with Gasteiger partial charge in [-0.1, -0.05) is 0 Å². The van der Waals surface area contributed by atoms with Crippen LogP contribution in [0, 0.1) is 0 Å². The third-order valence-electron chi connectivity index (χ3n) is 1.61. The molecule has 12 heavy (non-hydrogen) atoms. The molecule has 1 nitrogen and oxygen atoms in total. The molecule has 0 saturated carbocycles. The van der Waals surface area contributed by atoms with Crippen LogP contribution in [0.25, 0.3) is 0 Å². The molecular formula is C10H15NSe. The SMILES string of the molecule is NCCCC[Se]c1ccccc1. The van der Waals surface area contributed by atoms with Gasteiger partial charge in [0, 0.05) is 0 Å². The van der Waals surface area contributed by atoms with Crippen molar-refractivity contribution in [2.24, 2.45) is 5.73 Å². The fraction of sp³-hybridized carbons (Fsp3) is 0.400. The van der Waals surface area contributed by atoms with Crippen LogP contribution in [0.15, 0.2) is 30.3 Å². The van der Waals surface area contributed by atoms with Crippen molar-refractivity contribution in [3.8, 4) is 0 Å². The summed E-state index contributed by atoms with van der Waals surface area (Å²) >= 11 is 0.663. The minimum absolute atomic E-state index is 0.663. The van der Waals surface area contributed by atoms with Crippen LogP contribution in [-0.4, -0.2) is 21.5 Å². The summed E-state index contributed by atoms with van der Waals surface area (Å²) in [5.41, 5.74) is 5.41. The summed E-state index contributed by atoms with van der Waals surface area (Å²) in [7, 11) is 0. The zero-order valence-electron chi connectivity index (χ0n) is 7.20. The van der Waals surface area contributed by atoms with Crippen molar-refractivity contribution in [2.75, 3.05) is 6.54 Å². The van der Waals surface area contributed by atoms with Crippen molar-refractivity contribution in [3.63, 3.8) is 0 Å². The first-order valence-corrected chi connectivity index (χ1v) is 6.38. The number of hydrogen-bond acceptors (Lipinski definition) is 1. The molecule has 0 saturated heterocycles. The van der Waals surface area contributed by atoms with Crippen molar-refractivity contribution in [3.05, 3.63) is 30.3 Å². The Hall–Kier alpha value is -0.301. The Labute approximate surface area is 80.5 Å². The molecule has 0 aliphatic heterocycles. The molecule has 0 aromatic heterocycles. The van der Waals surface area contributed by atoms with Gasteiger partial charge in [-0.2, -0.15) is 0 Å². The van der Waals surface area contributed by atoms with Crippen LogP contribution in [0.4, 0.5) is 0 Å². The molecule has 1 aromatic rings. The molecule has 0 atom stereocenters. The van der Waals surface area contributed by atoms with E-state index in [0.29, 0.717) is 15.0 Å². The van der Waals surface area contributed by atoms with Gasteiger partial charge in [-0.15, -0.1) is 0 Å². The zero-order valence-corrected chi connectivity index (χ0v) is 8.91. The summed E-state index contributed by atoms with van der Waals surface area (Å²) in [5, 5.41) is 1.33. The third-order valence-corrected chi connectivity index (χ3v) is 3.91. The van der Waals surface area contributed by atoms with Gasteiger partial charge in [-0.25, -0.2) is 0 Å². The normalized spacial score (nSPS) is 10.1. The van der Waals surface area contributed by atoms with E-state index in [1.807, 2.05) is 0 Å². The number of hydrogen-bond donors (Lipinski definition) is 1. The maximum absolute atomic E-state index is 5.41. The molecule has 0 aliphatic rings. The van der Waals surface area contributed by atoms with Gasteiger partial charge < -0.3 is 0 Å². The predicted octanol–water partition coefficient (Wildman–Crippen LogP) is 1.17. The van der Waals surface area contributed by atoms with E-state index in [1.165, 1.54) is 22.6 Å². The molecule has 2 heteroatoms. The summed E-state index contributed by atoms with van der Waals surface area (Å²) in [5.74, 6) is 0. The molecule has 0 amide bonds. The number of rotatable bonds is 5. The van der Waals surface area contributed by atoms with Gasteiger partial charge >= 0.3 is 80.2 Å². The fourth-order valence-electron chi connectivity index (χ4n) is 0.953. The van der Waals surface area contributed by atoms with Gasteiger partial charge in [0.2, 0.25) is 0 Å². The van der Waals surface area contributed by atoms with Gasteiger partial charge in [0.05, 0.1) is 0 Å². The summed E-state index contributed by atoms with van der Waals surface area (Å²) in [6.07, 6.45) is 2.46. The average molecular weight is 228 g/mol. The van der Waals surface area contributed by atoms with Crippen molar-refractivity contribution in [1.29, 1.82) is 0 Å². The minimum atomic E-state index is 0.663. The van der Waals surface area contributed by atoms with E-state index in [-0.39, 0.29) is 0 Å². The Bertz CT molecular complexity index is 198. The molecule has 0 fully saturated rings. The van der Waals surface area contributed by atoms with Crippen molar-refractivity contribution in [1.82, 2.24) is 0 Å². The van der Waals surface area contributed by atoms with Crippen LogP contribution in [0.2, 0.25) is 5.32 Å². The molecule has 0 bridgehead atoms. The van der Waals surface area contributed by atoms with Crippen molar-refractivity contribution < 1.29 is 0 Å². The Kier molecular flexibility index (Phi) is 5.09. The number of nitrogens with two attached hydrogens (primary N) is 1. The van der Waals surface area contributed by atoms with Gasteiger partial charge in [0.25, 0.3) is 0 Å². The second-order valence-electron chi connectivity index (χ2n) is 2.66. The van der Waals surface area contributed by atoms with E-state index in [4.69, 9.17) is 5.73 Å². The van der Waals surface area contributed by atoms with Crippen LogP contribution >= 0.6 is 0 Å². The van der Waals surface area contributed by atoms with Crippen LogP contribution in [0.1, 0.15) is 12.8 Å². The molecule has 66 valence electrons. The molecule has 0 heterocycles. The molecule has 0 spiro atoms. The van der Waals surface area contributed by atoms with Crippen LogP contribution in [-0.2, 0) is 0 Å². The first-order valence-electron chi connectivity index (χ1n) is 4.31. The molecule has 0 aliphatic carbocycles. The third kappa shape index (κ3) is 3.91. The van der Waals surface area contributed by atoms with Gasteiger partial charge in [-0.3, -0.25) is 0 Å². The average Bonchev–Trinajstić information content (AvgIpc) is 2.14. The topological polar surface area (TPSA) is 26.0 Å². The van der Waals surface area contributed by atoms with Crippen molar-refractivity contribution in [2.45, 2.75) is 18.2 Å². The van der Waals surface area contributed by atoms with Crippen molar-refractivity contribution >= 4 is 19.4 Å². The second-order valence-corrected chi connectivity index (χ2v) is 5.11. The van der Waals surface area contributed by atoms with E-state index in [9.17, 15) is 0 Å². The second kappa shape index (κ2) is 6.24. The maximum atomic E-state index is 5.41.